The van der Waals surface area contributed by atoms with Gasteiger partial charge in [0, 0.05) is 12.1 Å². The van der Waals surface area contributed by atoms with Gasteiger partial charge in [-0.15, -0.1) is 0 Å². The number of ether oxygens (including phenoxy) is 3. The van der Waals surface area contributed by atoms with Crippen molar-refractivity contribution in [2.75, 3.05) is 27.4 Å². The minimum Gasteiger partial charge on any atom is -0.497 e. The highest BCUT2D eigenvalue weighted by Crippen LogP contribution is 2.29. The fraction of sp³-hybridized carbons (Fsp3) is 0.360. The molecule has 1 N–H and O–H groups in total. The zero-order valence-corrected chi connectivity index (χ0v) is 19.7. The molecule has 1 atom stereocenters. The molecule has 0 spiro atoms. The first kappa shape index (κ1) is 24.8. The lowest BCUT2D eigenvalue weighted by molar-refractivity contribution is -0.124. The summed E-state index contributed by atoms with van der Waals surface area (Å²) in [7, 11) is 3.07. The standard InChI is InChI=1S/C25H28N2O7/c1-5-6-11-27-23(29)18-9-7-16(12-20(18)24(27)30)25(31)34-14-22(28)26-15(2)19-13-17(32-3)8-10-21(19)33-4/h7-10,12-13,15H,5-6,11,14H2,1-4H3,(H,26,28). The quantitative estimate of drug-likeness (QED) is 0.421. The molecule has 0 saturated carbocycles. The third-order valence-corrected chi connectivity index (χ3v) is 5.56. The molecule has 0 radical (unpaired) electrons. The first-order valence-electron chi connectivity index (χ1n) is 11.0. The van der Waals surface area contributed by atoms with Crippen LogP contribution in [0.15, 0.2) is 36.4 Å². The molecule has 1 heterocycles. The summed E-state index contributed by atoms with van der Waals surface area (Å²) in [6.45, 7) is 3.56. The van der Waals surface area contributed by atoms with Crippen molar-refractivity contribution in [3.8, 4) is 11.5 Å². The van der Waals surface area contributed by atoms with Gasteiger partial charge in [-0.05, 0) is 49.7 Å². The van der Waals surface area contributed by atoms with E-state index in [9.17, 15) is 19.2 Å². The lowest BCUT2D eigenvalue weighted by Gasteiger charge is -2.18. The Morgan fingerprint density at radius 2 is 1.74 bits per heavy atom. The van der Waals surface area contributed by atoms with Crippen LogP contribution >= 0.6 is 0 Å². The van der Waals surface area contributed by atoms with E-state index in [1.807, 2.05) is 6.92 Å². The monoisotopic (exact) mass is 468 g/mol. The second-order valence-corrected chi connectivity index (χ2v) is 7.85. The van der Waals surface area contributed by atoms with Crippen molar-refractivity contribution in [3.63, 3.8) is 0 Å². The molecular weight excluding hydrogens is 440 g/mol. The van der Waals surface area contributed by atoms with E-state index in [1.54, 1.807) is 32.2 Å². The van der Waals surface area contributed by atoms with Gasteiger partial charge in [0.25, 0.3) is 17.7 Å². The van der Waals surface area contributed by atoms with Crippen molar-refractivity contribution < 1.29 is 33.4 Å². The van der Waals surface area contributed by atoms with Gasteiger partial charge < -0.3 is 19.5 Å². The molecule has 0 aliphatic carbocycles. The molecular formula is C25H28N2O7. The maximum atomic E-state index is 12.6. The highest BCUT2D eigenvalue weighted by Gasteiger charge is 2.35. The van der Waals surface area contributed by atoms with Crippen molar-refractivity contribution in [1.29, 1.82) is 0 Å². The number of esters is 1. The Morgan fingerprint density at radius 1 is 1.00 bits per heavy atom. The molecule has 34 heavy (non-hydrogen) atoms. The van der Waals surface area contributed by atoms with Gasteiger partial charge in [0.15, 0.2) is 6.61 Å². The van der Waals surface area contributed by atoms with Crippen molar-refractivity contribution >= 4 is 23.7 Å². The summed E-state index contributed by atoms with van der Waals surface area (Å²) in [6.07, 6.45) is 1.55. The maximum Gasteiger partial charge on any atom is 0.338 e. The fourth-order valence-electron chi connectivity index (χ4n) is 3.69. The molecule has 1 unspecified atom stereocenters. The third-order valence-electron chi connectivity index (χ3n) is 5.56. The van der Waals surface area contributed by atoms with Crippen LogP contribution in [0.5, 0.6) is 11.5 Å². The van der Waals surface area contributed by atoms with Crippen molar-refractivity contribution in [2.45, 2.75) is 32.7 Å². The summed E-state index contributed by atoms with van der Waals surface area (Å²) in [5, 5.41) is 2.75. The molecule has 1 aliphatic rings. The van der Waals surface area contributed by atoms with Crippen LogP contribution in [0.3, 0.4) is 0 Å². The van der Waals surface area contributed by atoms with Gasteiger partial charge in [-0.25, -0.2) is 4.79 Å². The number of fused-ring (bicyclic) bond motifs is 1. The molecule has 2 aromatic rings. The molecule has 9 heteroatoms. The number of hydrogen-bond donors (Lipinski definition) is 1. The predicted octanol–water partition coefficient (Wildman–Crippen LogP) is 3.13. The first-order valence-corrected chi connectivity index (χ1v) is 11.0. The summed E-state index contributed by atoms with van der Waals surface area (Å²) in [6, 6.07) is 8.99. The Labute approximate surface area is 198 Å². The SMILES string of the molecule is CCCCN1C(=O)c2ccc(C(=O)OCC(=O)NC(C)c3cc(OC)ccc3OC)cc2C1=O. The van der Waals surface area contributed by atoms with Gasteiger partial charge >= 0.3 is 5.97 Å². The molecule has 9 nitrogen and oxygen atoms in total. The van der Waals surface area contributed by atoms with E-state index in [1.165, 1.54) is 30.2 Å². The van der Waals surface area contributed by atoms with Gasteiger partial charge in [-0.1, -0.05) is 13.3 Å². The highest BCUT2D eigenvalue weighted by molar-refractivity contribution is 6.22. The summed E-state index contributed by atoms with van der Waals surface area (Å²) >= 11 is 0. The number of nitrogens with zero attached hydrogens (tertiary/aromatic N) is 1. The molecule has 180 valence electrons. The lowest BCUT2D eigenvalue weighted by Crippen LogP contribution is -2.31. The maximum absolute atomic E-state index is 12.6. The largest absolute Gasteiger partial charge is 0.497 e. The van der Waals surface area contributed by atoms with Crippen LogP contribution < -0.4 is 14.8 Å². The van der Waals surface area contributed by atoms with Crippen LogP contribution in [-0.4, -0.2) is 56.0 Å². The molecule has 3 amide bonds. The Morgan fingerprint density at radius 3 is 2.41 bits per heavy atom. The lowest BCUT2D eigenvalue weighted by atomic mass is 10.1. The van der Waals surface area contributed by atoms with E-state index in [-0.39, 0.29) is 22.6 Å². The number of imide groups is 1. The second-order valence-electron chi connectivity index (χ2n) is 7.85. The van der Waals surface area contributed by atoms with Gasteiger partial charge in [0.05, 0.1) is 37.0 Å². The number of methoxy groups -OCH3 is 2. The third kappa shape index (κ3) is 5.19. The second kappa shape index (κ2) is 10.8. The molecule has 3 rings (SSSR count). The number of hydrogen-bond acceptors (Lipinski definition) is 7. The van der Waals surface area contributed by atoms with Crippen LogP contribution in [0.1, 0.15) is 69.4 Å². The summed E-state index contributed by atoms with van der Waals surface area (Å²) < 4.78 is 15.7. The Kier molecular flexibility index (Phi) is 7.88. The van der Waals surface area contributed by atoms with Crippen molar-refractivity contribution in [2.24, 2.45) is 0 Å². The molecule has 2 aromatic carbocycles. The van der Waals surface area contributed by atoms with Crippen LogP contribution in [0, 0.1) is 0 Å². The summed E-state index contributed by atoms with van der Waals surface area (Å²) in [5.41, 5.74) is 1.22. The van der Waals surface area contributed by atoms with E-state index in [0.29, 0.717) is 30.0 Å². The smallest absolute Gasteiger partial charge is 0.338 e. The fourth-order valence-corrected chi connectivity index (χ4v) is 3.69. The van der Waals surface area contributed by atoms with E-state index in [2.05, 4.69) is 5.32 Å². The average molecular weight is 469 g/mol. The molecule has 0 bridgehead atoms. The number of amides is 3. The minimum absolute atomic E-state index is 0.0903. The predicted molar refractivity (Wildman–Crippen MR) is 123 cm³/mol. The highest BCUT2D eigenvalue weighted by atomic mass is 16.5. The zero-order valence-electron chi connectivity index (χ0n) is 19.7. The first-order chi connectivity index (χ1) is 16.3. The van der Waals surface area contributed by atoms with Crippen LogP contribution in [0.4, 0.5) is 0 Å². The van der Waals surface area contributed by atoms with Crippen molar-refractivity contribution in [3.05, 3.63) is 58.7 Å². The Hall–Kier alpha value is -3.88. The number of benzene rings is 2. The van der Waals surface area contributed by atoms with Gasteiger partial charge in [-0.2, -0.15) is 0 Å². The zero-order chi connectivity index (χ0) is 24.8. The van der Waals surface area contributed by atoms with Crippen LogP contribution in [0.2, 0.25) is 0 Å². The van der Waals surface area contributed by atoms with Gasteiger partial charge in [-0.3, -0.25) is 19.3 Å². The van der Waals surface area contributed by atoms with E-state index < -0.39 is 30.4 Å². The minimum atomic E-state index is -0.767. The number of rotatable bonds is 10. The molecule has 0 fully saturated rings. The molecule has 0 aromatic heterocycles. The Bertz CT molecular complexity index is 1110. The van der Waals surface area contributed by atoms with Crippen LogP contribution in [0.25, 0.3) is 0 Å². The van der Waals surface area contributed by atoms with Gasteiger partial charge in [0.2, 0.25) is 0 Å². The van der Waals surface area contributed by atoms with E-state index in [0.717, 1.165) is 6.42 Å². The summed E-state index contributed by atoms with van der Waals surface area (Å²) in [5.74, 6) is -0.880. The van der Waals surface area contributed by atoms with E-state index in [4.69, 9.17) is 14.2 Å². The number of nitrogens with one attached hydrogen (secondary N) is 1. The normalized spacial score (nSPS) is 13.4. The number of unbranched alkanes of at least 4 members (excludes halogenated alkanes) is 1. The van der Waals surface area contributed by atoms with Crippen molar-refractivity contribution in [1.82, 2.24) is 10.2 Å². The van der Waals surface area contributed by atoms with Crippen LogP contribution in [-0.2, 0) is 9.53 Å². The topological polar surface area (TPSA) is 111 Å². The van der Waals surface area contributed by atoms with Gasteiger partial charge in [0.1, 0.15) is 11.5 Å². The molecule has 0 saturated heterocycles. The average Bonchev–Trinajstić information content (AvgIpc) is 3.09. The molecule has 1 aliphatic heterocycles. The summed E-state index contributed by atoms with van der Waals surface area (Å²) in [4.78, 5) is 51.1. The Balaban J connectivity index is 1.62. The van der Waals surface area contributed by atoms with E-state index >= 15 is 0 Å². The number of carbonyl (C=O) groups is 4. The number of carbonyl (C=O) groups excluding carboxylic acids is 4.